The predicted octanol–water partition coefficient (Wildman–Crippen LogP) is 3.68. The lowest BCUT2D eigenvalue weighted by Crippen LogP contribution is -2.27. The molecule has 150 valence electrons. The molecule has 0 saturated carbocycles. The highest BCUT2D eigenvalue weighted by molar-refractivity contribution is 9.10. The molecular formula is C17H11BrN2O8S. The summed E-state index contributed by atoms with van der Waals surface area (Å²) in [5, 5.41) is 20.2. The fourth-order valence-electron chi connectivity index (χ4n) is 2.44. The van der Waals surface area contributed by atoms with Gasteiger partial charge in [0, 0.05) is 6.07 Å². The number of thioether (sulfide) groups is 1. The molecule has 1 saturated heterocycles. The van der Waals surface area contributed by atoms with Crippen molar-refractivity contribution in [1.82, 2.24) is 4.90 Å². The van der Waals surface area contributed by atoms with E-state index in [1.807, 2.05) is 0 Å². The average Bonchev–Trinajstić information content (AvgIpc) is 3.24. The quantitative estimate of drug-likeness (QED) is 0.292. The Labute approximate surface area is 175 Å². The summed E-state index contributed by atoms with van der Waals surface area (Å²) < 4.78 is 9.86. The van der Waals surface area contributed by atoms with Crippen molar-refractivity contribution in [3.8, 4) is 5.75 Å². The van der Waals surface area contributed by atoms with Crippen LogP contribution in [-0.2, 0) is 16.1 Å². The highest BCUT2D eigenvalue weighted by Gasteiger charge is 2.36. The van der Waals surface area contributed by atoms with Crippen LogP contribution < -0.4 is 0 Å². The number of ether oxygens (including phenoxy) is 1. The molecule has 0 atom stereocenters. The predicted molar refractivity (Wildman–Crippen MR) is 104 cm³/mol. The first-order valence-electron chi connectivity index (χ1n) is 7.80. The number of furan rings is 1. The Morgan fingerprint density at radius 2 is 2.14 bits per heavy atom. The van der Waals surface area contributed by atoms with Crippen LogP contribution in [0.15, 0.2) is 38.1 Å². The normalized spacial score (nSPS) is 15.2. The van der Waals surface area contributed by atoms with Crippen molar-refractivity contribution in [3.05, 3.63) is 60.8 Å². The fourth-order valence-corrected chi connectivity index (χ4v) is 3.75. The number of benzene rings is 1. The highest BCUT2D eigenvalue weighted by atomic mass is 79.9. The Morgan fingerprint density at radius 1 is 1.41 bits per heavy atom. The number of rotatable bonds is 5. The molecule has 1 aromatic heterocycles. The zero-order valence-electron chi connectivity index (χ0n) is 14.6. The molecule has 12 heteroatoms. The third kappa shape index (κ3) is 4.17. The lowest BCUT2D eigenvalue weighted by Gasteiger charge is -2.09. The van der Waals surface area contributed by atoms with Crippen LogP contribution in [0.2, 0.25) is 0 Å². The molecule has 0 spiro atoms. The number of nitro groups is 1. The smallest absolute Gasteiger partial charge is 0.373 e. The Balaban J connectivity index is 1.84. The van der Waals surface area contributed by atoms with E-state index in [1.165, 1.54) is 31.4 Å². The first kappa shape index (κ1) is 20.6. The number of nitro benzene ring substituents is 1. The minimum atomic E-state index is -0.765. The lowest BCUT2D eigenvalue weighted by atomic mass is 10.1. The number of carbonyl (C=O) groups is 3. The standard InChI is InChI=1S/C17H11BrN2O8S/c1-27-16(23)12-3-2-9(28-12)7-19-15(22)13(29-17(19)24)6-8-4-10(18)14(21)11(5-8)20(25)26/h2-6,21H,7H2,1H3. The van der Waals surface area contributed by atoms with Crippen molar-refractivity contribution >= 4 is 56.6 Å². The van der Waals surface area contributed by atoms with Gasteiger partial charge in [0.25, 0.3) is 11.1 Å². The van der Waals surface area contributed by atoms with E-state index in [0.717, 1.165) is 11.0 Å². The van der Waals surface area contributed by atoms with Gasteiger partial charge in [-0.2, -0.15) is 0 Å². The number of phenols is 1. The van der Waals surface area contributed by atoms with E-state index >= 15 is 0 Å². The van der Waals surface area contributed by atoms with Crippen molar-refractivity contribution in [3.63, 3.8) is 0 Å². The molecule has 2 amide bonds. The fraction of sp³-hybridized carbons (Fsp3) is 0.118. The molecular weight excluding hydrogens is 472 g/mol. The third-order valence-electron chi connectivity index (χ3n) is 3.80. The maximum atomic E-state index is 12.6. The molecule has 2 aromatic rings. The number of carbonyl (C=O) groups excluding carboxylic acids is 3. The molecule has 2 heterocycles. The van der Waals surface area contributed by atoms with Crippen LogP contribution in [-0.4, -0.2) is 39.2 Å². The molecule has 1 aromatic carbocycles. The second-order valence-electron chi connectivity index (χ2n) is 5.65. The number of phenolic OH excluding ortho intramolecular Hbond substituents is 1. The number of halogens is 1. The number of imide groups is 1. The van der Waals surface area contributed by atoms with Crippen molar-refractivity contribution in [2.75, 3.05) is 7.11 Å². The van der Waals surface area contributed by atoms with Gasteiger partial charge >= 0.3 is 11.7 Å². The van der Waals surface area contributed by atoms with Gasteiger partial charge in [-0.05, 0) is 57.5 Å². The van der Waals surface area contributed by atoms with E-state index < -0.39 is 33.5 Å². The van der Waals surface area contributed by atoms with Gasteiger partial charge in [-0.15, -0.1) is 0 Å². The second-order valence-corrected chi connectivity index (χ2v) is 7.50. The molecule has 1 fully saturated rings. The first-order chi connectivity index (χ1) is 13.7. The van der Waals surface area contributed by atoms with E-state index in [1.54, 1.807) is 0 Å². The molecule has 1 N–H and O–H groups in total. The van der Waals surface area contributed by atoms with Crippen molar-refractivity contribution in [2.24, 2.45) is 0 Å². The Kier molecular flexibility index (Phi) is 5.75. The minimum Gasteiger partial charge on any atom is -0.501 e. The summed E-state index contributed by atoms with van der Waals surface area (Å²) in [7, 11) is 1.19. The zero-order valence-corrected chi connectivity index (χ0v) is 17.0. The molecule has 29 heavy (non-hydrogen) atoms. The minimum absolute atomic E-state index is 0.0432. The number of nitrogens with zero attached hydrogens (tertiary/aromatic N) is 2. The summed E-state index contributed by atoms with van der Waals surface area (Å²) in [5.41, 5.74) is -0.298. The van der Waals surface area contributed by atoms with E-state index in [2.05, 4.69) is 20.7 Å². The zero-order chi connectivity index (χ0) is 21.3. The van der Waals surface area contributed by atoms with Crippen molar-refractivity contribution < 1.29 is 33.6 Å². The molecule has 0 bridgehead atoms. The molecule has 0 radical (unpaired) electrons. The Hall–Kier alpha value is -3.12. The third-order valence-corrected chi connectivity index (χ3v) is 5.31. The molecule has 1 aliphatic heterocycles. The van der Waals surface area contributed by atoms with Crippen LogP contribution in [0.4, 0.5) is 10.5 Å². The van der Waals surface area contributed by atoms with Gasteiger partial charge < -0.3 is 14.3 Å². The summed E-state index contributed by atoms with van der Waals surface area (Å²) in [4.78, 5) is 47.5. The van der Waals surface area contributed by atoms with Crippen molar-refractivity contribution in [2.45, 2.75) is 6.54 Å². The van der Waals surface area contributed by atoms with Gasteiger partial charge in [0.1, 0.15) is 5.76 Å². The summed E-state index contributed by atoms with van der Waals surface area (Å²) >= 11 is 3.67. The number of hydrogen-bond acceptors (Lipinski definition) is 9. The summed E-state index contributed by atoms with van der Waals surface area (Å²) in [6.45, 7) is -0.196. The lowest BCUT2D eigenvalue weighted by molar-refractivity contribution is -0.386. The number of hydrogen-bond donors (Lipinski definition) is 1. The largest absolute Gasteiger partial charge is 0.501 e. The van der Waals surface area contributed by atoms with Gasteiger partial charge in [-0.3, -0.25) is 24.6 Å². The summed E-state index contributed by atoms with van der Waals surface area (Å²) in [6.07, 6.45) is 1.31. The van der Waals surface area contributed by atoms with E-state index in [0.29, 0.717) is 11.8 Å². The molecule has 10 nitrogen and oxygen atoms in total. The van der Waals surface area contributed by atoms with Gasteiger partial charge in [0.05, 0.1) is 28.0 Å². The summed E-state index contributed by atoms with van der Waals surface area (Å²) in [6, 6.07) is 5.28. The number of aromatic hydroxyl groups is 1. The summed E-state index contributed by atoms with van der Waals surface area (Å²) in [5.74, 6) is -1.71. The molecule has 3 rings (SSSR count). The Bertz CT molecular complexity index is 1080. The van der Waals surface area contributed by atoms with Gasteiger partial charge in [-0.25, -0.2) is 4.79 Å². The van der Waals surface area contributed by atoms with Gasteiger partial charge in [0.15, 0.2) is 0 Å². The highest BCUT2D eigenvalue weighted by Crippen LogP contribution is 2.38. The van der Waals surface area contributed by atoms with E-state index in [9.17, 15) is 29.6 Å². The molecule has 0 aliphatic carbocycles. The van der Waals surface area contributed by atoms with Crippen LogP contribution >= 0.6 is 27.7 Å². The van der Waals surface area contributed by atoms with Crippen LogP contribution in [0.3, 0.4) is 0 Å². The maximum Gasteiger partial charge on any atom is 0.373 e. The maximum absolute atomic E-state index is 12.6. The average molecular weight is 483 g/mol. The SMILES string of the molecule is COC(=O)c1ccc(CN2C(=O)SC(=Cc3cc(Br)c(O)c([N+](=O)[O-])c3)C2=O)o1. The number of amides is 2. The van der Waals surface area contributed by atoms with Crippen LogP contribution in [0.25, 0.3) is 6.08 Å². The second kappa shape index (κ2) is 8.09. The van der Waals surface area contributed by atoms with Gasteiger partial charge in [0.2, 0.25) is 11.5 Å². The molecule has 0 unspecified atom stereocenters. The van der Waals surface area contributed by atoms with Crippen molar-refractivity contribution in [1.29, 1.82) is 0 Å². The first-order valence-corrected chi connectivity index (χ1v) is 9.41. The van der Waals surface area contributed by atoms with E-state index in [4.69, 9.17) is 4.42 Å². The van der Waals surface area contributed by atoms with Crippen LogP contribution in [0.5, 0.6) is 5.75 Å². The monoisotopic (exact) mass is 482 g/mol. The number of methoxy groups -OCH3 is 1. The van der Waals surface area contributed by atoms with Crippen LogP contribution in [0.1, 0.15) is 21.9 Å². The molecule has 1 aliphatic rings. The number of esters is 1. The Morgan fingerprint density at radius 3 is 2.79 bits per heavy atom. The van der Waals surface area contributed by atoms with E-state index in [-0.39, 0.29) is 33.0 Å². The van der Waals surface area contributed by atoms with Gasteiger partial charge in [-0.1, -0.05) is 0 Å². The van der Waals surface area contributed by atoms with Crippen LogP contribution in [0, 0.1) is 10.1 Å². The topological polar surface area (TPSA) is 140 Å².